The molecule has 0 aliphatic rings. The third-order valence-electron chi connectivity index (χ3n) is 4.95. The Kier molecular flexibility index (Phi) is 10.3. The number of nitrogens with zero attached hydrogens (tertiary/aromatic N) is 3. The maximum Gasteiger partial charge on any atom is 0.214 e. The van der Waals surface area contributed by atoms with Gasteiger partial charge in [-0.2, -0.15) is 0 Å². The van der Waals surface area contributed by atoms with E-state index in [4.69, 9.17) is 9.84 Å². The molecule has 2 rings (SSSR count). The Balaban J connectivity index is 2.22. The summed E-state index contributed by atoms with van der Waals surface area (Å²) >= 11 is 0. The van der Waals surface area contributed by atoms with Crippen molar-refractivity contribution in [2.45, 2.75) is 46.1 Å². The fraction of sp³-hybridized carbons (Fsp3) is 0.346. The zero-order chi connectivity index (χ0) is 23.3. The number of hydrogen-bond acceptors (Lipinski definition) is 5. The SMILES string of the molecule is C=C(C)/C=C\C(OC)=C(/CC)N(C=O)Cc1cccc(-c2ncc(CCCCO)cn2)c1. The molecule has 1 amide bonds. The summed E-state index contributed by atoms with van der Waals surface area (Å²) in [7, 11) is 1.60. The molecule has 6 nitrogen and oxygen atoms in total. The number of ether oxygens (including phenoxy) is 1. The van der Waals surface area contributed by atoms with Crippen molar-refractivity contribution < 1.29 is 14.6 Å². The Labute approximate surface area is 191 Å². The lowest BCUT2D eigenvalue weighted by Gasteiger charge is -2.22. The molecule has 32 heavy (non-hydrogen) atoms. The van der Waals surface area contributed by atoms with Crippen molar-refractivity contribution in [3.8, 4) is 11.4 Å². The Morgan fingerprint density at radius 3 is 2.53 bits per heavy atom. The van der Waals surface area contributed by atoms with Gasteiger partial charge in [-0.25, -0.2) is 9.97 Å². The minimum absolute atomic E-state index is 0.203. The summed E-state index contributed by atoms with van der Waals surface area (Å²) in [6.07, 6.45) is 11.4. The average Bonchev–Trinajstić information content (AvgIpc) is 2.81. The van der Waals surface area contributed by atoms with Crippen molar-refractivity contribution in [3.05, 3.63) is 83.5 Å². The molecule has 6 heteroatoms. The molecule has 2 aromatic rings. The second kappa shape index (κ2) is 13.2. The summed E-state index contributed by atoms with van der Waals surface area (Å²) in [5.74, 6) is 1.28. The summed E-state index contributed by atoms with van der Waals surface area (Å²) in [5.41, 5.74) is 4.62. The maximum absolute atomic E-state index is 11.9. The minimum atomic E-state index is 0.203. The third kappa shape index (κ3) is 7.46. The number of hydrogen-bond donors (Lipinski definition) is 1. The summed E-state index contributed by atoms with van der Waals surface area (Å²) in [4.78, 5) is 22.6. The van der Waals surface area contributed by atoms with Crippen LogP contribution in [0, 0.1) is 0 Å². The molecule has 0 fully saturated rings. The van der Waals surface area contributed by atoms with Gasteiger partial charge in [-0.15, -0.1) is 0 Å². The summed E-state index contributed by atoms with van der Waals surface area (Å²) in [5, 5.41) is 8.91. The van der Waals surface area contributed by atoms with Crippen LogP contribution in [0.1, 0.15) is 44.2 Å². The van der Waals surface area contributed by atoms with Gasteiger partial charge in [-0.3, -0.25) is 4.79 Å². The van der Waals surface area contributed by atoms with Gasteiger partial charge in [0, 0.05) is 24.6 Å². The molecular weight excluding hydrogens is 402 g/mol. The zero-order valence-electron chi connectivity index (χ0n) is 19.3. The number of aliphatic hydroxyl groups is 1. The quantitative estimate of drug-likeness (QED) is 0.211. The smallest absolute Gasteiger partial charge is 0.214 e. The second-order valence-electron chi connectivity index (χ2n) is 7.58. The van der Waals surface area contributed by atoms with Crippen molar-refractivity contribution in [2.24, 2.45) is 0 Å². The number of carbonyl (C=O) groups excluding carboxylic acids is 1. The van der Waals surface area contributed by atoms with Gasteiger partial charge in [0.25, 0.3) is 0 Å². The van der Waals surface area contributed by atoms with Crippen LogP contribution in [0.4, 0.5) is 0 Å². The molecule has 0 aliphatic carbocycles. The predicted molar refractivity (Wildman–Crippen MR) is 127 cm³/mol. The van der Waals surface area contributed by atoms with Gasteiger partial charge >= 0.3 is 0 Å². The van der Waals surface area contributed by atoms with Crippen molar-refractivity contribution >= 4 is 6.41 Å². The molecule has 1 heterocycles. The Hall–Kier alpha value is -3.25. The number of aryl methyl sites for hydroxylation is 1. The molecule has 0 aliphatic heterocycles. The predicted octanol–water partition coefficient (Wildman–Crippen LogP) is 4.82. The molecule has 0 saturated carbocycles. The highest BCUT2D eigenvalue weighted by atomic mass is 16.5. The van der Waals surface area contributed by atoms with Gasteiger partial charge < -0.3 is 14.7 Å². The molecule has 0 spiro atoms. The minimum Gasteiger partial charge on any atom is -0.495 e. The molecule has 170 valence electrons. The van der Waals surface area contributed by atoms with E-state index in [1.54, 1.807) is 12.0 Å². The number of allylic oxidation sites excluding steroid dienone is 4. The largest absolute Gasteiger partial charge is 0.495 e. The van der Waals surface area contributed by atoms with Crippen LogP contribution in [0.25, 0.3) is 11.4 Å². The summed E-state index contributed by atoms with van der Waals surface area (Å²) in [6.45, 7) is 8.38. The zero-order valence-corrected chi connectivity index (χ0v) is 19.3. The van der Waals surface area contributed by atoms with Crippen molar-refractivity contribution in [2.75, 3.05) is 13.7 Å². The van der Waals surface area contributed by atoms with Crippen LogP contribution >= 0.6 is 0 Å². The molecule has 0 bridgehead atoms. The highest BCUT2D eigenvalue weighted by Crippen LogP contribution is 2.21. The third-order valence-corrected chi connectivity index (χ3v) is 4.95. The second-order valence-corrected chi connectivity index (χ2v) is 7.58. The first-order valence-electron chi connectivity index (χ1n) is 10.9. The number of unbranched alkanes of at least 4 members (excludes halogenated alkanes) is 1. The average molecular weight is 436 g/mol. The first-order chi connectivity index (χ1) is 15.5. The van der Waals surface area contributed by atoms with Gasteiger partial charge in [0.2, 0.25) is 6.41 Å². The van der Waals surface area contributed by atoms with E-state index in [-0.39, 0.29) is 6.61 Å². The van der Waals surface area contributed by atoms with Crippen LogP contribution in [-0.4, -0.2) is 40.1 Å². The van der Waals surface area contributed by atoms with E-state index in [2.05, 4.69) is 16.5 Å². The van der Waals surface area contributed by atoms with Crippen LogP contribution in [-0.2, 0) is 22.5 Å². The van der Waals surface area contributed by atoms with E-state index in [0.717, 1.165) is 53.6 Å². The van der Waals surface area contributed by atoms with Gasteiger partial charge in [-0.1, -0.05) is 43.4 Å². The number of methoxy groups -OCH3 is 1. The lowest BCUT2D eigenvalue weighted by Crippen LogP contribution is -2.22. The Morgan fingerprint density at radius 2 is 1.94 bits per heavy atom. The van der Waals surface area contributed by atoms with E-state index in [9.17, 15) is 4.79 Å². The van der Waals surface area contributed by atoms with Gasteiger partial charge in [0.05, 0.1) is 19.4 Å². The first-order valence-corrected chi connectivity index (χ1v) is 10.9. The van der Waals surface area contributed by atoms with Crippen molar-refractivity contribution in [3.63, 3.8) is 0 Å². The lowest BCUT2D eigenvalue weighted by atomic mass is 10.1. The normalized spacial score (nSPS) is 11.9. The summed E-state index contributed by atoms with van der Waals surface area (Å²) in [6, 6.07) is 7.88. The van der Waals surface area contributed by atoms with E-state index >= 15 is 0 Å². The summed E-state index contributed by atoms with van der Waals surface area (Å²) < 4.78 is 5.53. The van der Waals surface area contributed by atoms with Crippen molar-refractivity contribution in [1.29, 1.82) is 0 Å². The standard InChI is InChI=1S/C26H33N3O3/c1-5-24(25(32-4)13-12-20(2)3)29(19-31)18-21-10-8-11-23(15-21)26-27-16-22(17-28-26)9-6-7-14-30/h8,10-13,15-17,19,30H,2,5-7,9,14,18H2,1,3-4H3/b13-12-,25-24-. The first kappa shape index (κ1) is 25.0. The molecule has 0 saturated heterocycles. The fourth-order valence-electron chi connectivity index (χ4n) is 3.29. The molecule has 1 aromatic carbocycles. The van der Waals surface area contributed by atoms with Crippen LogP contribution in [0.2, 0.25) is 0 Å². The van der Waals surface area contributed by atoms with Crippen LogP contribution in [0.5, 0.6) is 0 Å². The van der Waals surface area contributed by atoms with E-state index in [1.165, 1.54) is 0 Å². The lowest BCUT2D eigenvalue weighted by molar-refractivity contribution is -0.117. The molecule has 0 radical (unpaired) electrons. The number of rotatable bonds is 13. The highest BCUT2D eigenvalue weighted by Gasteiger charge is 2.14. The molecular formula is C26H33N3O3. The van der Waals surface area contributed by atoms with Crippen LogP contribution in [0.3, 0.4) is 0 Å². The topological polar surface area (TPSA) is 75.5 Å². The number of amides is 1. The van der Waals surface area contributed by atoms with Crippen LogP contribution < -0.4 is 0 Å². The number of carbonyl (C=O) groups is 1. The van der Waals surface area contributed by atoms with Gasteiger partial charge in [0.1, 0.15) is 5.76 Å². The molecule has 1 aromatic heterocycles. The number of benzene rings is 1. The number of aromatic nitrogens is 2. The Bertz CT molecular complexity index is 949. The van der Waals surface area contributed by atoms with E-state index < -0.39 is 0 Å². The molecule has 0 unspecified atom stereocenters. The maximum atomic E-state index is 11.9. The van der Waals surface area contributed by atoms with Gasteiger partial charge in [0.15, 0.2) is 5.82 Å². The van der Waals surface area contributed by atoms with Gasteiger partial charge in [-0.05, 0) is 55.9 Å². The fourth-order valence-corrected chi connectivity index (χ4v) is 3.29. The van der Waals surface area contributed by atoms with Crippen LogP contribution in [0.15, 0.2) is 72.4 Å². The molecule has 0 atom stereocenters. The van der Waals surface area contributed by atoms with E-state index in [1.807, 2.05) is 62.7 Å². The molecule has 1 N–H and O–H groups in total. The number of aliphatic hydroxyl groups excluding tert-OH is 1. The van der Waals surface area contributed by atoms with E-state index in [0.29, 0.717) is 24.5 Å². The monoisotopic (exact) mass is 435 g/mol. The Morgan fingerprint density at radius 1 is 1.19 bits per heavy atom. The van der Waals surface area contributed by atoms with Crippen molar-refractivity contribution in [1.82, 2.24) is 14.9 Å². The highest BCUT2D eigenvalue weighted by molar-refractivity contribution is 5.57.